The molecular weight excluding hydrogens is 178 g/mol. The number of nitrogens with one attached hydrogen (secondary N) is 1. The fourth-order valence-corrected chi connectivity index (χ4v) is 1.07. The summed E-state index contributed by atoms with van der Waals surface area (Å²) in [5, 5.41) is 2.96. The van der Waals surface area contributed by atoms with Gasteiger partial charge in [0.2, 0.25) is 0 Å². The summed E-state index contributed by atoms with van der Waals surface area (Å²) in [6, 6.07) is 0. The average molecular weight is 193 g/mol. The van der Waals surface area contributed by atoms with E-state index in [2.05, 4.69) is 21.9 Å². The molecule has 0 aliphatic rings. The molecule has 0 amide bonds. The Morgan fingerprint density at radius 3 is 3.14 bits per heavy atom. The summed E-state index contributed by atoms with van der Waals surface area (Å²) < 4.78 is 1.46. The lowest BCUT2D eigenvalue weighted by Gasteiger charge is -2.05. The van der Waals surface area contributed by atoms with Crippen LogP contribution in [-0.2, 0) is 6.42 Å². The molecule has 0 aliphatic carbocycles. The minimum atomic E-state index is 0.625. The van der Waals surface area contributed by atoms with Crippen LogP contribution in [0.4, 0.5) is 5.82 Å². The maximum absolute atomic E-state index is 5.69. The van der Waals surface area contributed by atoms with Gasteiger partial charge in [0.25, 0.3) is 0 Å². The second kappa shape index (κ2) is 4.45. The maximum Gasteiger partial charge on any atom is 0.175 e. The van der Waals surface area contributed by atoms with Gasteiger partial charge in [0.1, 0.15) is 6.33 Å². The van der Waals surface area contributed by atoms with Crippen molar-refractivity contribution in [3.05, 3.63) is 24.3 Å². The molecule has 0 radical (unpaired) electrons. The van der Waals surface area contributed by atoms with Crippen LogP contribution < -0.4 is 11.2 Å². The Morgan fingerprint density at radius 2 is 2.57 bits per heavy atom. The second-order valence-electron chi connectivity index (χ2n) is 2.84. The molecule has 1 aromatic rings. The average Bonchev–Trinajstić information content (AvgIpc) is 2.50. The van der Waals surface area contributed by atoms with Crippen LogP contribution in [-0.4, -0.2) is 22.9 Å². The number of likely N-dealkylation sites (N-methyl/N-ethyl adjacent to an activating group) is 1. The van der Waals surface area contributed by atoms with Gasteiger partial charge >= 0.3 is 0 Å². The van der Waals surface area contributed by atoms with Crippen LogP contribution in [0.2, 0.25) is 0 Å². The fraction of sp³-hybridized carbons (Fsp3) is 0.333. The first-order valence-corrected chi connectivity index (χ1v) is 4.34. The van der Waals surface area contributed by atoms with E-state index in [-0.39, 0.29) is 0 Å². The molecule has 76 valence electrons. The fourth-order valence-electron chi connectivity index (χ4n) is 1.07. The largest absolute Gasteiger partial charge is 0.392 e. The van der Waals surface area contributed by atoms with Crippen molar-refractivity contribution in [2.45, 2.75) is 13.3 Å². The van der Waals surface area contributed by atoms with Gasteiger partial charge in [-0.25, -0.2) is 9.98 Å². The van der Waals surface area contributed by atoms with Gasteiger partial charge in [-0.15, -0.1) is 0 Å². The van der Waals surface area contributed by atoms with E-state index >= 15 is 0 Å². The van der Waals surface area contributed by atoms with E-state index in [1.165, 1.54) is 4.68 Å². The third kappa shape index (κ3) is 2.12. The Bertz CT molecular complexity index is 350. The lowest BCUT2D eigenvalue weighted by Crippen LogP contribution is -2.14. The number of imidazole rings is 1. The first kappa shape index (κ1) is 10.3. The molecule has 5 heteroatoms. The topological polar surface area (TPSA) is 68.2 Å². The highest BCUT2D eigenvalue weighted by molar-refractivity contribution is 5.59. The van der Waals surface area contributed by atoms with Crippen molar-refractivity contribution in [3.63, 3.8) is 0 Å². The normalized spacial score (nSPS) is 10.7. The van der Waals surface area contributed by atoms with Gasteiger partial charge in [-0.3, -0.25) is 4.68 Å². The number of nitrogen functional groups attached to an aromatic ring is 1. The van der Waals surface area contributed by atoms with E-state index < -0.39 is 0 Å². The summed E-state index contributed by atoms with van der Waals surface area (Å²) in [4.78, 5) is 8.17. The number of allylic oxidation sites excluding steroid dienone is 1. The summed E-state index contributed by atoms with van der Waals surface area (Å²) in [5.74, 6) is 6.33. The monoisotopic (exact) mass is 193 g/mol. The minimum absolute atomic E-state index is 0.625. The van der Waals surface area contributed by atoms with Gasteiger partial charge in [0, 0.05) is 25.4 Å². The molecule has 1 rings (SSSR count). The van der Waals surface area contributed by atoms with Crippen LogP contribution >= 0.6 is 0 Å². The minimum Gasteiger partial charge on any atom is -0.392 e. The van der Waals surface area contributed by atoms with Gasteiger partial charge in [-0.1, -0.05) is 6.58 Å². The van der Waals surface area contributed by atoms with E-state index in [4.69, 9.17) is 5.84 Å². The van der Waals surface area contributed by atoms with Crippen molar-refractivity contribution in [3.8, 4) is 0 Å². The SMILES string of the molecule is C=C(Cc1c(N=CC)ncn1N)NC. The van der Waals surface area contributed by atoms with Gasteiger partial charge in [-0.05, 0) is 6.92 Å². The molecule has 0 fully saturated rings. The van der Waals surface area contributed by atoms with E-state index in [1.807, 2.05) is 14.0 Å². The molecular formula is C9H15N5. The van der Waals surface area contributed by atoms with Crippen molar-refractivity contribution in [1.29, 1.82) is 0 Å². The van der Waals surface area contributed by atoms with E-state index in [1.54, 1.807) is 12.5 Å². The van der Waals surface area contributed by atoms with E-state index in [0.717, 1.165) is 11.4 Å². The van der Waals surface area contributed by atoms with Crippen molar-refractivity contribution in [2.24, 2.45) is 4.99 Å². The first-order chi connectivity index (χ1) is 6.69. The number of nitrogens with zero attached hydrogens (tertiary/aromatic N) is 3. The first-order valence-electron chi connectivity index (χ1n) is 4.34. The standard InChI is InChI=1S/C9H15N5/c1-4-12-9-8(5-7(2)11-3)14(10)6-13-9/h4,6,11H,2,5,10H2,1,3H3. The highest BCUT2D eigenvalue weighted by Gasteiger charge is 2.08. The molecule has 3 N–H and O–H groups in total. The maximum atomic E-state index is 5.69. The molecule has 0 unspecified atom stereocenters. The third-order valence-corrected chi connectivity index (χ3v) is 1.86. The van der Waals surface area contributed by atoms with Crippen molar-refractivity contribution in [1.82, 2.24) is 15.0 Å². The summed E-state index contributed by atoms with van der Waals surface area (Å²) in [6.45, 7) is 5.67. The predicted molar refractivity (Wildman–Crippen MR) is 58.1 cm³/mol. The van der Waals surface area contributed by atoms with Crippen molar-refractivity contribution < 1.29 is 0 Å². The van der Waals surface area contributed by atoms with Crippen LogP contribution in [0.3, 0.4) is 0 Å². The van der Waals surface area contributed by atoms with Gasteiger partial charge in [0.05, 0.1) is 5.69 Å². The van der Waals surface area contributed by atoms with Crippen molar-refractivity contribution in [2.75, 3.05) is 12.9 Å². The number of nitrogens with two attached hydrogens (primary N) is 1. The number of hydrogen-bond donors (Lipinski definition) is 2. The zero-order valence-corrected chi connectivity index (χ0v) is 8.49. The predicted octanol–water partition coefficient (Wildman–Crippen LogP) is 0.595. The highest BCUT2D eigenvalue weighted by Crippen LogP contribution is 2.16. The van der Waals surface area contributed by atoms with Gasteiger partial charge in [-0.2, -0.15) is 0 Å². The Hall–Kier alpha value is -1.78. The molecule has 0 aliphatic heterocycles. The smallest absolute Gasteiger partial charge is 0.175 e. The number of aliphatic imine (C=N–C) groups is 1. The quantitative estimate of drug-likeness (QED) is 0.543. The van der Waals surface area contributed by atoms with Crippen molar-refractivity contribution >= 4 is 12.0 Å². The molecule has 0 atom stereocenters. The molecule has 1 heterocycles. The number of aromatic nitrogens is 2. The molecule has 0 saturated heterocycles. The Kier molecular flexibility index (Phi) is 3.28. The molecule has 0 aromatic carbocycles. The zero-order valence-electron chi connectivity index (χ0n) is 8.49. The van der Waals surface area contributed by atoms with E-state index in [0.29, 0.717) is 12.2 Å². The van der Waals surface area contributed by atoms with E-state index in [9.17, 15) is 0 Å². The third-order valence-electron chi connectivity index (χ3n) is 1.86. The molecule has 1 aromatic heterocycles. The molecule has 0 bridgehead atoms. The van der Waals surface area contributed by atoms with Crippen LogP contribution in [0.25, 0.3) is 0 Å². The number of hydrogen-bond acceptors (Lipinski definition) is 4. The summed E-state index contributed by atoms with van der Waals surface area (Å²) in [7, 11) is 1.82. The molecule has 0 spiro atoms. The van der Waals surface area contributed by atoms with Crippen LogP contribution in [0.15, 0.2) is 23.6 Å². The molecule has 0 saturated carbocycles. The Balaban J connectivity index is 2.93. The zero-order chi connectivity index (χ0) is 10.6. The van der Waals surface area contributed by atoms with Crippen LogP contribution in [0.5, 0.6) is 0 Å². The molecule has 14 heavy (non-hydrogen) atoms. The van der Waals surface area contributed by atoms with Gasteiger partial charge < -0.3 is 11.2 Å². The number of rotatable bonds is 4. The van der Waals surface area contributed by atoms with Gasteiger partial charge in [0.15, 0.2) is 5.82 Å². The lowest BCUT2D eigenvalue weighted by molar-refractivity contribution is 0.852. The Morgan fingerprint density at radius 1 is 1.86 bits per heavy atom. The summed E-state index contributed by atoms with van der Waals surface area (Å²) >= 11 is 0. The lowest BCUT2D eigenvalue weighted by atomic mass is 10.2. The highest BCUT2D eigenvalue weighted by atomic mass is 15.3. The Labute approximate surface area is 83.3 Å². The summed E-state index contributed by atoms with van der Waals surface area (Å²) in [5.41, 5.74) is 1.73. The van der Waals surface area contributed by atoms with Crippen LogP contribution in [0.1, 0.15) is 12.6 Å². The summed E-state index contributed by atoms with van der Waals surface area (Å²) in [6.07, 6.45) is 3.86. The molecule has 5 nitrogen and oxygen atoms in total. The second-order valence-corrected chi connectivity index (χ2v) is 2.84. The van der Waals surface area contributed by atoms with Crippen LogP contribution in [0, 0.1) is 0 Å².